The lowest BCUT2D eigenvalue weighted by atomic mass is 10.00. The van der Waals surface area contributed by atoms with Crippen LogP contribution in [0.25, 0.3) is 6.08 Å². The Labute approximate surface area is 135 Å². The number of nitrogens with one attached hydrogen (secondary N) is 1. The van der Waals surface area contributed by atoms with Gasteiger partial charge < -0.3 is 5.73 Å². The summed E-state index contributed by atoms with van der Waals surface area (Å²) in [4.78, 5) is 15.6. The summed E-state index contributed by atoms with van der Waals surface area (Å²) in [5.74, 6) is 4.48. The number of fused-ring (bicyclic) bond motifs is 1. The fourth-order valence-electron chi connectivity index (χ4n) is 2.31. The van der Waals surface area contributed by atoms with Gasteiger partial charge in [-0.05, 0) is 25.8 Å². The number of carbonyl (C=O) groups excluding carboxylic acids is 1. The van der Waals surface area contributed by atoms with Crippen LogP contribution in [0, 0.1) is 6.92 Å². The van der Waals surface area contributed by atoms with Gasteiger partial charge in [0.15, 0.2) is 0 Å². The van der Waals surface area contributed by atoms with Crippen LogP contribution in [0.5, 0.6) is 0 Å². The van der Waals surface area contributed by atoms with Crippen LogP contribution in [-0.4, -0.2) is 33.5 Å². The Balaban J connectivity index is 2.13. The third kappa shape index (κ3) is 2.50. The molecule has 0 aliphatic heterocycles. The number of rotatable bonds is 3. The Morgan fingerprint density at radius 2 is 2.13 bits per heavy atom. The molecular formula is C11H13N7O3S2. The molecule has 23 heavy (non-hydrogen) atoms. The minimum Gasteiger partial charge on any atom is -0.368 e. The Bertz CT molecular complexity index is 926. The Morgan fingerprint density at radius 1 is 1.39 bits per heavy atom. The van der Waals surface area contributed by atoms with Crippen LogP contribution >= 0.6 is 11.3 Å². The summed E-state index contributed by atoms with van der Waals surface area (Å²) in [5, 5.41) is 7.91. The monoisotopic (exact) mass is 355 g/mol. The maximum Gasteiger partial charge on any atom is 0.300 e. The van der Waals surface area contributed by atoms with E-state index in [1.54, 1.807) is 6.92 Å². The van der Waals surface area contributed by atoms with Gasteiger partial charge in [0, 0.05) is 5.57 Å². The number of hydrogen-bond acceptors (Lipinski definition) is 9. The summed E-state index contributed by atoms with van der Waals surface area (Å²) in [6.45, 7) is 1.66. The Morgan fingerprint density at radius 3 is 2.74 bits per heavy atom. The summed E-state index contributed by atoms with van der Waals surface area (Å²) in [5.41, 5.74) is 8.97. The largest absolute Gasteiger partial charge is 0.368 e. The molecule has 2 aromatic heterocycles. The molecule has 12 heteroatoms. The molecule has 1 amide bonds. The first-order valence-corrected chi connectivity index (χ1v) is 8.74. The lowest BCUT2D eigenvalue weighted by Gasteiger charge is -2.14. The minimum absolute atomic E-state index is 0.156. The molecule has 0 fully saturated rings. The number of imidazole rings is 1. The molecule has 1 aliphatic carbocycles. The van der Waals surface area contributed by atoms with E-state index in [-0.39, 0.29) is 16.7 Å². The highest BCUT2D eigenvalue weighted by Gasteiger charge is 2.31. The molecule has 0 aromatic carbocycles. The van der Waals surface area contributed by atoms with E-state index in [9.17, 15) is 13.2 Å². The van der Waals surface area contributed by atoms with E-state index < -0.39 is 15.9 Å². The molecule has 1 aliphatic rings. The number of anilines is 1. The molecule has 0 saturated carbocycles. The van der Waals surface area contributed by atoms with Crippen LogP contribution in [0.15, 0.2) is 9.91 Å². The number of hydrazine groups is 1. The first-order chi connectivity index (χ1) is 10.8. The van der Waals surface area contributed by atoms with Crippen molar-refractivity contribution in [2.45, 2.75) is 24.1 Å². The Kier molecular flexibility index (Phi) is 3.66. The summed E-state index contributed by atoms with van der Waals surface area (Å²) in [6.07, 6.45) is 2.09. The molecule has 2 heterocycles. The number of hydrogen-bond donors (Lipinski definition) is 3. The van der Waals surface area contributed by atoms with Crippen molar-refractivity contribution in [3.8, 4) is 0 Å². The molecule has 2 aromatic rings. The van der Waals surface area contributed by atoms with Crippen molar-refractivity contribution in [2.75, 3.05) is 5.73 Å². The van der Waals surface area contributed by atoms with Crippen molar-refractivity contribution >= 4 is 39.3 Å². The number of nitrogens with two attached hydrogens (primary N) is 2. The molecular weight excluding hydrogens is 342 g/mol. The van der Waals surface area contributed by atoms with Crippen molar-refractivity contribution in [1.29, 1.82) is 0 Å². The van der Waals surface area contributed by atoms with E-state index in [0.29, 0.717) is 28.4 Å². The van der Waals surface area contributed by atoms with Gasteiger partial charge in [0.05, 0.1) is 11.4 Å². The first-order valence-electron chi connectivity index (χ1n) is 6.49. The van der Waals surface area contributed by atoms with E-state index in [0.717, 1.165) is 15.3 Å². The number of nitrogens with zero attached hydrogens (tertiary/aromatic N) is 4. The van der Waals surface area contributed by atoms with Crippen molar-refractivity contribution in [1.82, 2.24) is 24.6 Å². The number of aromatic nitrogens is 4. The van der Waals surface area contributed by atoms with E-state index >= 15 is 0 Å². The van der Waals surface area contributed by atoms with Gasteiger partial charge in [-0.2, -0.15) is 8.42 Å². The zero-order chi connectivity index (χ0) is 16.8. The second-order valence-corrected chi connectivity index (χ2v) is 7.94. The summed E-state index contributed by atoms with van der Waals surface area (Å²) < 4.78 is 26.2. The van der Waals surface area contributed by atoms with Gasteiger partial charge in [-0.1, -0.05) is 11.3 Å². The van der Waals surface area contributed by atoms with E-state index in [4.69, 9.17) is 11.6 Å². The second kappa shape index (κ2) is 5.40. The second-order valence-electron chi connectivity index (χ2n) is 4.80. The molecule has 10 nitrogen and oxygen atoms in total. The number of nitrogen functional groups attached to an aromatic ring is 1. The molecule has 0 unspecified atom stereocenters. The molecule has 3 rings (SSSR count). The van der Waals surface area contributed by atoms with Crippen LogP contribution in [0.3, 0.4) is 0 Å². The molecule has 122 valence electrons. The number of carbonyl (C=O) groups is 1. The quantitative estimate of drug-likeness (QED) is 0.366. The summed E-state index contributed by atoms with van der Waals surface area (Å²) in [7, 11) is -3.97. The molecule has 0 spiro atoms. The maximum absolute atomic E-state index is 12.7. The van der Waals surface area contributed by atoms with Crippen LogP contribution in [0.4, 0.5) is 5.95 Å². The number of amides is 1. The highest BCUT2D eigenvalue weighted by Crippen LogP contribution is 2.30. The average Bonchev–Trinajstić information content (AvgIpc) is 3.08. The summed E-state index contributed by atoms with van der Waals surface area (Å²) in [6, 6.07) is 0. The van der Waals surface area contributed by atoms with Gasteiger partial charge in [0.2, 0.25) is 5.95 Å². The predicted molar refractivity (Wildman–Crippen MR) is 82.5 cm³/mol. The van der Waals surface area contributed by atoms with E-state index in [2.05, 4.69) is 15.2 Å². The van der Waals surface area contributed by atoms with Crippen molar-refractivity contribution in [2.24, 2.45) is 5.84 Å². The third-order valence-corrected chi connectivity index (χ3v) is 6.24. The lowest BCUT2D eigenvalue weighted by molar-refractivity contribution is -0.117. The predicted octanol–water partition coefficient (Wildman–Crippen LogP) is -0.818. The van der Waals surface area contributed by atoms with Gasteiger partial charge in [-0.15, -0.1) is 10.2 Å². The standard InChI is InChI=1S/C11H13N7O3S2/c1-5-16-17-11(22-5)23(20,21)18-8-3-2-6(9(19)15-13)4-7(8)14-10(18)12/h4H,2-3,13H2,1H3,(H2,12,14)(H,15,19). The van der Waals surface area contributed by atoms with Gasteiger partial charge in [-0.3, -0.25) is 10.2 Å². The first kappa shape index (κ1) is 15.6. The van der Waals surface area contributed by atoms with Crippen LogP contribution in [0.2, 0.25) is 0 Å². The molecule has 0 radical (unpaired) electrons. The smallest absolute Gasteiger partial charge is 0.300 e. The molecule has 0 saturated heterocycles. The minimum atomic E-state index is -3.97. The van der Waals surface area contributed by atoms with Gasteiger partial charge >= 0.3 is 0 Å². The van der Waals surface area contributed by atoms with Gasteiger partial charge in [-0.25, -0.2) is 14.8 Å². The molecule has 0 bridgehead atoms. The SMILES string of the molecule is Cc1nnc(S(=O)(=O)n2c(N)nc3c2CCC(C(=O)NN)=C3)s1. The van der Waals surface area contributed by atoms with Crippen molar-refractivity contribution < 1.29 is 13.2 Å². The zero-order valence-corrected chi connectivity index (χ0v) is 13.6. The average molecular weight is 355 g/mol. The fourth-order valence-corrected chi connectivity index (χ4v) is 4.80. The zero-order valence-electron chi connectivity index (χ0n) is 12.0. The fraction of sp³-hybridized carbons (Fsp3) is 0.273. The van der Waals surface area contributed by atoms with E-state index in [1.165, 1.54) is 6.08 Å². The highest BCUT2D eigenvalue weighted by molar-refractivity contribution is 7.92. The highest BCUT2D eigenvalue weighted by atomic mass is 32.2. The van der Waals surface area contributed by atoms with Gasteiger partial charge in [0.25, 0.3) is 20.3 Å². The maximum atomic E-state index is 12.7. The number of aryl methyl sites for hydroxylation is 1. The van der Waals surface area contributed by atoms with Crippen LogP contribution in [0.1, 0.15) is 22.8 Å². The van der Waals surface area contributed by atoms with Crippen molar-refractivity contribution in [3.05, 3.63) is 22.0 Å². The van der Waals surface area contributed by atoms with Crippen LogP contribution in [-0.2, 0) is 21.2 Å². The lowest BCUT2D eigenvalue weighted by Crippen LogP contribution is -2.32. The Hall–Kier alpha value is -2.31. The normalized spacial score (nSPS) is 14.3. The molecule has 0 atom stereocenters. The molecule has 5 N–H and O–H groups in total. The van der Waals surface area contributed by atoms with E-state index in [1.807, 2.05) is 5.43 Å². The summed E-state index contributed by atoms with van der Waals surface area (Å²) >= 11 is 0.951. The van der Waals surface area contributed by atoms with Crippen molar-refractivity contribution in [3.63, 3.8) is 0 Å². The third-order valence-electron chi connectivity index (χ3n) is 3.32. The topological polar surface area (TPSA) is 159 Å². The van der Waals surface area contributed by atoms with Crippen LogP contribution < -0.4 is 17.0 Å². The van der Waals surface area contributed by atoms with Gasteiger partial charge in [0.1, 0.15) is 5.01 Å².